The number of benzene rings is 2. The lowest BCUT2D eigenvalue weighted by molar-refractivity contribution is -0.385. The van der Waals surface area contributed by atoms with E-state index in [2.05, 4.69) is 0 Å². The molecule has 0 bridgehead atoms. The Morgan fingerprint density at radius 3 is 2.18 bits per heavy atom. The van der Waals surface area contributed by atoms with E-state index in [0.717, 1.165) is 6.07 Å². The van der Waals surface area contributed by atoms with Gasteiger partial charge in [-0.25, -0.2) is 0 Å². The summed E-state index contributed by atoms with van der Waals surface area (Å²) in [5.41, 5.74) is 0.520. The molecule has 2 aromatic carbocycles. The van der Waals surface area contributed by atoms with Crippen LogP contribution in [0.1, 0.15) is 0 Å². The normalized spacial score (nSPS) is 10.1. The van der Waals surface area contributed by atoms with Crippen LogP contribution in [0.4, 0.5) is 5.69 Å². The molecule has 0 aromatic heterocycles. The van der Waals surface area contributed by atoms with Crippen molar-refractivity contribution >= 4 is 5.69 Å². The van der Waals surface area contributed by atoms with Gasteiger partial charge in [0.2, 0.25) is 5.75 Å². The Morgan fingerprint density at radius 2 is 1.59 bits per heavy atom. The first kappa shape index (κ1) is 10.9. The summed E-state index contributed by atoms with van der Waals surface area (Å²) in [7, 11) is 0. The van der Waals surface area contributed by atoms with Gasteiger partial charge in [0.05, 0.1) is 4.92 Å². The van der Waals surface area contributed by atoms with Gasteiger partial charge in [0.25, 0.3) is 0 Å². The molecule has 0 saturated heterocycles. The standard InChI is InChI=1S/C12H9NO4/c14-11-9(8-4-2-1-3-5-8)6-7-10(12(11)15)13(16)17/h1-7,14-15H. The minimum Gasteiger partial charge on any atom is -0.504 e. The topological polar surface area (TPSA) is 83.6 Å². The van der Waals surface area contributed by atoms with Crippen molar-refractivity contribution in [2.45, 2.75) is 0 Å². The van der Waals surface area contributed by atoms with E-state index in [1.54, 1.807) is 24.3 Å². The zero-order valence-corrected chi connectivity index (χ0v) is 8.70. The Bertz CT molecular complexity index is 566. The van der Waals surface area contributed by atoms with Crippen molar-refractivity contribution in [3.8, 4) is 22.6 Å². The van der Waals surface area contributed by atoms with E-state index in [4.69, 9.17) is 0 Å². The number of rotatable bonds is 2. The van der Waals surface area contributed by atoms with Crippen LogP contribution >= 0.6 is 0 Å². The van der Waals surface area contributed by atoms with Crippen LogP contribution in [0.25, 0.3) is 11.1 Å². The molecule has 0 saturated carbocycles. The Balaban J connectivity index is 2.60. The summed E-state index contributed by atoms with van der Waals surface area (Å²) in [6.07, 6.45) is 0. The number of hydrogen-bond donors (Lipinski definition) is 2. The fourth-order valence-electron chi connectivity index (χ4n) is 1.57. The highest BCUT2D eigenvalue weighted by Gasteiger charge is 2.20. The van der Waals surface area contributed by atoms with Gasteiger partial charge in [0, 0.05) is 11.6 Å². The Kier molecular flexibility index (Phi) is 2.66. The molecule has 0 aliphatic heterocycles. The van der Waals surface area contributed by atoms with E-state index in [0.29, 0.717) is 11.1 Å². The van der Waals surface area contributed by atoms with E-state index in [1.165, 1.54) is 6.07 Å². The monoisotopic (exact) mass is 231 g/mol. The summed E-state index contributed by atoms with van der Waals surface area (Å²) in [6.45, 7) is 0. The molecule has 2 N–H and O–H groups in total. The molecule has 0 aliphatic carbocycles. The van der Waals surface area contributed by atoms with Crippen molar-refractivity contribution in [2.24, 2.45) is 0 Å². The Hall–Kier alpha value is -2.56. The fourth-order valence-corrected chi connectivity index (χ4v) is 1.57. The van der Waals surface area contributed by atoms with Gasteiger partial charge in [-0.1, -0.05) is 30.3 Å². The van der Waals surface area contributed by atoms with Crippen LogP contribution < -0.4 is 0 Å². The van der Waals surface area contributed by atoms with Crippen LogP contribution in [0.3, 0.4) is 0 Å². The third kappa shape index (κ3) is 1.90. The van der Waals surface area contributed by atoms with Crippen molar-refractivity contribution in [2.75, 3.05) is 0 Å². The number of aromatic hydroxyl groups is 2. The van der Waals surface area contributed by atoms with E-state index >= 15 is 0 Å². The van der Waals surface area contributed by atoms with Crippen molar-refractivity contribution in [3.63, 3.8) is 0 Å². The van der Waals surface area contributed by atoms with E-state index in [-0.39, 0.29) is 0 Å². The van der Waals surface area contributed by atoms with Gasteiger partial charge in [0.1, 0.15) is 0 Å². The molecule has 0 amide bonds. The fraction of sp³-hybridized carbons (Fsp3) is 0. The lowest BCUT2D eigenvalue weighted by Gasteiger charge is -2.06. The summed E-state index contributed by atoms with van der Waals surface area (Å²) >= 11 is 0. The molecule has 0 radical (unpaired) electrons. The molecule has 0 atom stereocenters. The number of phenolic OH excluding ortho intramolecular Hbond substituents is 2. The first-order valence-electron chi connectivity index (χ1n) is 4.86. The number of nitro groups is 1. The zero-order chi connectivity index (χ0) is 12.4. The molecule has 86 valence electrons. The average molecular weight is 231 g/mol. The summed E-state index contributed by atoms with van der Waals surface area (Å²) in [5, 5.41) is 29.8. The smallest absolute Gasteiger partial charge is 0.314 e. The van der Waals surface area contributed by atoms with Gasteiger partial charge in [-0.05, 0) is 11.6 Å². The van der Waals surface area contributed by atoms with Crippen molar-refractivity contribution in [3.05, 3.63) is 52.6 Å². The molecule has 2 aromatic rings. The quantitative estimate of drug-likeness (QED) is 0.472. The van der Waals surface area contributed by atoms with Crippen LogP contribution in [0.5, 0.6) is 11.5 Å². The highest BCUT2D eigenvalue weighted by Crippen LogP contribution is 2.42. The lowest BCUT2D eigenvalue weighted by Crippen LogP contribution is -1.89. The molecule has 0 spiro atoms. The van der Waals surface area contributed by atoms with E-state index in [9.17, 15) is 20.3 Å². The molecule has 0 heterocycles. The Morgan fingerprint density at radius 1 is 0.941 bits per heavy atom. The van der Waals surface area contributed by atoms with Crippen LogP contribution in [0.15, 0.2) is 42.5 Å². The molecule has 0 aliphatic rings. The predicted molar refractivity (Wildman–Crippen MR) is 61.9 cm³/mol. The highest BCUT2D eigenvalue weighted by atomic mass is 16.6. The average Bonchev–Trinajstić information content (AvgIpc) is 2.33. The molecule has 0 fully saturated rings. The zero-order valence-electron chi connectivity index (χ0n) is 8.70. The summed E-state index contributed by atoms with van der Waals surface area (Å²) in [6, 6.07) is 11.4. The third-order valence-corrected chi connectivity index (χ3v) is 2.41. The minimum absolute atomic E-state index is 0.355. The molecule has 17 heavy (non-hydrogen) atoms. The molecule has 5 heteroatoms. The van der Waals surface area contributed by atoms with Gasteiger partial charge in [-0.15, -0.1) is 0 Å². The lowest BCUT2D eigenvalue weighted by atomic mass is 10.0. The maximum absolute atomic E-state index is 10.6. The first-order chi connectivity index (χ1) is 8.11. The van der Waals surface area contributed by atoms with E-state index < -0.39 is 22.1 Å². The Labute approximate surface area is 96.7 Å². The van der Waals surface area contributed by atoms with Crippen LogP contribution in [-0.4, -0.2) is 15.1 Å². The van der Waals surface area contributed by atoms with Gasteiger partial charge in [0.15, 0.2) is 5.75 Å². The van der Waals surface area contributed by atoms with Crippen molar-refractivity contribution < 1.29 is 15.1 Å². The second kappa shape index (κ2) is 4.13. The maximum Gasteiger partial charge on any atom is 0.314 e. The van der Waals surface area contributed by atoms with Crippen LogP contribution in [0, 0.1) is 10.1 Å². The number of nitrogens with zero attached hydrogens (tertiary/aromatic N) is 1. The second-order valence-electron chi connectivity index (χ2n) is 3.45. The van der Waals surface area contributed by atoms with Gasteiger partial charge >= 0.3 is 5.69 Å². The summed E-state index contributed by atoms with van der Waals surface area (Å²) in [4.78, 5) is 9.81. The summed E-state index contributed by atoms with van der Waals surface area (Å²) in [5.74, 6) is -1.19. The van der Waals surface area contributed by atoms with Crippen LogP contribution in [0.2, 0.25) is 0 Å². The molecular weight excluding hydrogens is 222 g/mol. The van der Waals surface area contributed by atoms with Crippen LogP contribution in [-0.2, 0) is 0 Å². The number of phenols is 2. The minimum atomic E-state index is -0.746. The molecule has 2 rings (SSSR count). The molecule has 0 unspecified atom stereocenters. The largest absolute Gasteiger partial charge is 0.504 e. The summed E-state index contributed by atoms with van der Waals surface area (Å²) < 4.78 is 0. The SMILES string of the molecule is O=[N+]([O-])c1ccc(-c2ccccc2)c(O)c1O. The maximum atomic E-state index is 10.6. The van der Waals surface area contributed by atoms with Gasteiger partial charge in [-0.3, -0.25) is 10.1 Å². The molecular formula is C12H9NO4. The van der Waals surface area contributed by atoms with Crippen molar-refractivity contribution in [1.29, 1.82) is 0 Å². The van der Waals surface area contributed by atoms with Crippen molar-refractivity contribution in [1.82, 2.24) is 0 Å². The molecule has 5 nitrogen and oxygen atoms in total. The number of nitro benzene ring substituents is 1. The van der Waals surface area contributed by atoms with E-state index in [1.807, 2.05) is 6.07 Å². The second-order valence-corrected chi connectivity index (χ2v) is 3.45. The first-order valence-corrected chi connectivity index (χ1v) is 4.86. The van der Waals surface area contributed by atoms with Gasteiger partial charge < -0.3 is 10.2 Å². The van der Waals surface area contributed by atoms with Gasteiger partial charge in [-0.2, -0.15) is 0 Å². The highest BCUT2D eigenvalue weighted by molar-refractivity contribution is 5.76. The predicted octanol–water partition coefficient (Wildman–Crippen LogP) is 2.67. The third-order valence-electron chi connectivity index (χ3n) is 2.41. The number of hydrogen-bond acceptors (Lipinski definition) is 4.